The van der Waals surface area contributed by atoms with Gasteiger partial charge >= 0.3 is 5.97 Å². The summed E-state index contributed by atoms with van der Waals surface area (Å²) in [7, 11) is 0. The van der Waals surface area contributed by atoms with Crippen molar-refractivity contribution < 1.29 is 24.0 Å². The number of hydrogen-bond acceptors (Lipinski definition) is 6. The molecule has 0 radical (unpaired) electrons. The van der Waals surface area contributed by atoms with E-state index in [0.717, 1.165) is 0 Å². The molecule has 2 aromatic carbocycles. The Hall–Kier alpha value is -3.26. The minimum absolute atomic E-state index is 0.00156. The van der Waals surface area contributed by atoms with E-state index >= 15 is 0 Å². The molecule has 0 spiro atoms. The Labute approximate surface area is 165 Å². The standard InChI is InChI=1S/C19H17ClN2O6/c1-12(19(25)21-15-4-2-3-5-16(15)22(26)27)28-18(24)11-10-17(23)13-6-8-14(20)9-7-13/h2-9,12H,10-11H2,1H3,(H,21,25). The Balaban J connectivity index is 1.86. The van der Waals surface area contributed by atoms with E-state index in [2.05, 4.69) is 5.32 Å². The van der Waals surface area contributed by atoms with Crippen LogP contribution in [0.1, 0.15) is 30.1 Å². The van der Waals surface area contributed by atoms with Gasteiger partial charge in [0.15, 0.2) is 11.9 Å². The van der Waals surface area contributed by atoms with Gasteiger partial charge in [-0.3, -0.25) is 24.5 Å². The van der Waals surface area contributed by atoms with Gasteiger partial charge in [-0.15, -0.1) is 0 Å². The molecule has 1 amide bonds. The minimum atomic E-state index is -1.18. The number of halogens is 1. The second-order valence-electron chi connectivity index (χ2n) is 5.83. The zero-order valence-corrected chi connectivity index (χ0v) is 15.6. The lowest BCUT2D eigenvalue weighted by atomic mass is 10.1. The number of esters is 1. The van der Waals surface area contributed by atoms with Crippen molar-refractivity contribution in [1.29, 1.82) is 0 Å². The number of amides is 1. The van der Waals surface area contributed by atoms with Crippen LogP contribution < -0.4 is 5.32 Å². The van der Waals surface area contributed by atoms with E-state index in [1.807, 2.05) is 0 Å². The second kappa shape index (κ2) is 9.61. The Bertz CT molecular complexity index is 898. The molecule has 2 rings (SSSR count). The van der Waals surface area contributed by atoms with Crippen molar-refractivity contribution in [3.05, 3.63) is 69.2 Å². The third kappa shape index (κ3) is 5.88. The number of carbonyl (C=O) groups is 3. The van der Waals surface area contributed by atoms with Crippen LogP contribution in [0, 0.1) is 10.1 Å². The average Bonchev–Trinajstić information content (AvgIpc) is 2.66. The average molecular weight is 405 g/mol. The first-order chi connectivity index (χ1) is 13.3. The van der Waals surface area contributed by atoms with E-state index in [4.69, 9.17) is 16.3 Å². The quantitative estimate of drug-likeness (QED) is 0.310. The number of rotatable bonds is 8. The van der Waals surface area contributed by atoms with E-state index in [-0.39, 0.29) is 30.0 Å². The lowest BCUT2D eigenvalue weighted by Gasteiger charge is -2.13. The van der Waals surface area contributed by atoms with Crippen LogP contribution in [-0.4, -0.2) is 28.7 Å². The number of ketones is 1. The van der Waals surface area contributed by atoms with Crippen LogP contribution in [0.2, 0.25) is 5.02 Å². The first-order valence-electron chi connectivity index (χ1n) is 8.30. The van der Waals surface area contributed by atoms with Gasteiger partial charge < -0.3 is 10.1 Å². The molecule has 0 aromatic heterocycles. The highest BCUT2D eigenvalue weighted by Gasteiger charge is 2.22. The van der Waals surface area contributed by atoms with Gasteiger partial charge in [0, 0.05) is 23.1 Å². The van der Waals surface area contributed by atoms with Crippen molar-refractivity contribution in [2.75, 3.05) is 5.32 Å². The highest BCUT2D eigenvalue weighted by molar-refractivity contribution is 6.30. The van der Waals surface area contributed by atoms with Crippen LogP contribution in [0.5, 0.6) is 0 Å². The second-order valence-corrected chi connectivity index (χ2v) is 6.26. The summed E-state index contributed by atoms with van der Waals surface area (Å²) in [5, 5.41) is 13.8. The third-order valence-electron chi connectivity index (χ3n) is 3.76. The molecule has 1 unspecified atom stereocenters. The number of nitrogens with one attached hydrogen (secondary N) is 1. The van der Waals surface area contributed by atoms with Gasteiger partial charge in [-0.25, -0.2) is 0 Å². The maximum atomic E-state index is 12.1. The highest BCUT2D eigenvalue weighted by atomic mass is 35.5. The molecule has 0 aliphatic carbocycles. The van der Waals surface area contributed by atoms with Gasteiger partial charge in [-0.1, -0.05) is 23.7 Å². The molecule has 146 valence electrons. The molecule has 1 atom stereocenters. The zero-order chi connectivity index (χ0) is 20.7. The number of hydrogen-bond donors (Lipinski definition) is 1. The Morgan fingerprint density at radius 1 is 1.11 bits per heavy atom. The first kappa shape index (κ1) is 21.0. The Morgan fingerprint density at radius 3 is 2.39 bits per heavy atom. The molecule has 0 heterocycles. The van der Waals surface area contributed by atoms with Gasteiger partial charge in [0.25, 0.3) is 11.6 Å². The predicted molar refractivity (Wildman–Crippen MR) is 102 cm³/mol. The van der Waals surface area contributed by atoms with E-state index < -0.39 is 22.9 Å². The van der Waals surface area contributed by atoms with Crippen molar-refractivity contribution >= 4 is 40.6 Å². The summed E-state index contributed by atoms with van der Waals surface area (Å²) < 4.78 is 5.00. The monoisotopic (exact) mass is 404 g/mol. The molecule has 0 bridgehead atoms. The number of nitrogens with zero attached hydrogens (tertiary/aromatic N) is 1. The molecule has 9 heteroatoms. The van der Waals surface area contributed by atoms with Gasteiger partial charge in [0.05, 0.1) is 11.3 Å². The van der Waals surface area contributed by atoms with Crippen LogP contribution in [0.4, 0.5) is 11.4 Å². The number of Topliss-reactive ketones (excluding diaryl/α,β-unsaturated/α-hetero) is 1. The lowest BCUT2D eigenvalue weighted by molar-refractivity contribution is -0.383. The number of benzene rings is 2. The summed E-state index contributed by atoms with van der Waals surface area (Å²) in [6.45, 7) is 1.34. The summed E-state index contributed by atoms with van der Waals surface area (Å²) in [4.78, 5) is 46.4. The number of nitro groups is 1. The summed E-state index contributed by atoms with van der Waals surface area (Å²) in [6, 6.07) is 11.9. The van der Waals surface area contributed by atoms with Crippen molar-refractivity contribution in [3.63, 3.8) is 0 Å². The van der Waals surface area contributed by atoms with Crippen LogP contribution in [0.15, 0.2) is 48.5 Å². The first-order valence-corrected chi connectivity index (χ1v) is 8.68. The Kier molecular flexibility index (Phi) is 7.22. The number of anilines is 1. The molecule has 0 aliphatic rings. The van der Waals surface area contributed by atoms with E-state index in [1.165, 1.54) is 31.2 Å². The lowest BCUT2D eigenvalue weighted by Crippen LogP contribution is -2.30. The largest absolute Gasteiger partial charge is 0.453 e. The molecular weight excluding hydrogens is 388 g/mol. The molecule has 2 aromatic rings. The van der Waals surface area contributed by atoms with Gasteiger partial charge in [-0.05, 0) is 37.3 Å². The predicted octanol–water partition coefficient (Wildman–Crippen LogP) is 3.78. The van der Waals surface area contributed by atoms with Crippen LogP contribution in [0.3, 0.4) is 0 Å². The third-order valence-corrected chi connectivity index (χ3v) is 4.01. The van der Waals surface area contributed by atoms with Crippen LogP contribution in [-0.2, 0) is 14.3 Å². The van der Waals surface area contributed by atoms with E-state index in [0.29, 0.717) is 10.6 Å². The van der Waals surface area contributed by atoms with Crippen LogP contribution in [0.25, 0.3) is 0 Å². The number of ether oxygens (including phenoxy) is 1. The smallest absolute Gasteiger partial charge is 0.307 e. The molecule has 8 nitrogen and oxygen atoms in total. The maximum Gasteiger partial charge on any atom is 0.307 e. The fraction of sp³-hybridized carbons (Fsp3) is 0.211. The van der Waals surface area contributed by atoms with Crippen LogP contribution >= 0.6 is 11.6 Å². The van der Waals surface area contributed by atoms with Crippen molar-refractivity contribution in [1.82, 2.24) is 0 Å². The number of nitro benzene ring substituents is 1. The molecule has 0 aliphatic heterocycles. The summed E-state index contributed by atoms with van der Waals surface area (Å²) in [5.74, 6) is -1.70. The Morgan fingerprint density at radius 2 is 1.75 bits per heavy atom. The van der Waals surface area contributed by atoms with Gasteiger partial charge in [0.2, 0.25) is 0 Å². The van der Waals surface area contributed by atoms with Crippen molar-refractivity contribution in [2.24, 2.45) is 0 Å². The normalized spacial score (nSPS) is 11.4. The fourth-order valence-corrected chi connectivity index (χ4v) is 2.40. The molecule has 28 heavy (non-hydrogen) atoms. The fourth-order valence-electron chi connectivity index (χ4n) is 2.28. The van der Waals surface area contributed by atoms with Crippen molar-refractivity contribution in [2.45, 2.75) is 25.9 Å². The summed E-state index contributed by atoms with van der Waals surface area (Å²) >= 11 is 5.76. The van der Waals surface area contributed by atoms with E-state index in [9.17, 15) is 24.5 Å². The summed E-state index contributed by atoms with van der Waals surface area (Å²) in [5.41, 5.74) is 0.139. The number of para-hydroxylation sites is 2. The molecule has 0 saturated heterocycles. The molecular formula is C19H17ClN2O6. The number of carbonyl (C=O) groups excluding carboxylic acids is 3. The molecule has 0 fully saturated rings. The van der Waals surface area contributed by atoms with Crippen molar-refractivity contribution in [3.8, 4) is 0 Å². The SMILES string of the molecule is CC(OC(=O)CCC(=O)c1ccc(Cl)cc1)C(=O)Nc1ccccc1[N+](=O)[O-]. The van der Waals surface area contributed by atoms with Gasteiger partial charge in [0.1, 0.15) is 5.69 Å². The topological polar surface area (TPSA) is 116 Å². The van der Waals surface area contributed by atoms with Gasteiger partial charge in [-0.2, -0.15) is 0 Å². The maximum absolute atomic E-state index is 12.1. The minimum Gasteiger partial charge on any atom is -0.453 e. The highest BCUT2D eigenvalue weighted by Crippen LogP contribution is 2.23. The molecule has 1 N–H and O–H groups in total. The molecule has 0 saturated carbocycles. The summed E-state index contributed by atoms with van der Waals surface area (Å²) in [6.07, 6.45) is -1.47. The zero-order valence-electron chi connectivity index (χ0n) is 14.9. The van der Waals surface area contributed by atoms with E-state index in [1.54, 1.807) is 24.3 Å².